The average molecular weight is 287 g/mol. The van der Waals surface area contributed by atoms with Crippen molar-refractivity contribution in [2.24, 2.45) is 0 Å². The zero-order chi connectivity index (χ0) is 14.7. The fourth-order valence-corrected chi connectivity index (χ4v) is 2.77. The van der Waals surface area contributed by atoms with Crippen LogP contribution in [0.25, 0.3) is 0 Å². The summed E-state index contributed by atoms with van der Waals surface area (Å²) in [4.78, 5) is 10.6. The van der Waals surface area contributed by atoms with Gasteiger partial charge in [-0.3, -0.25) is 4.79 Å². The minimum Gasteiger partial charge on any atom is -0.481 e. The molecule has 0 aromatic heterocycles. The Morgan fingerprint density at radius 1 is 1.42 bits per heavy atom. The molecule has 7 heteroatoms. The normalized spacial score (nSPS) is 14.9. The first-order valence-electron chi connectivity index (χ1n) is 5.63. The third-order valence-electron chi connectivity index (χ3n) is 2.47. The summed E-state index contributed by atoms with van der Waals surface area (Å²) < 4.78 is 26.1. The van der Waals surface area contributed by atoms with Gasteiger partial charge in [0.15, 0.2) is 0 Å². The van der Waals surface area contributed by atoms with Crippen molar-refractivity contribution >= 4 is 16.0 Å². The largest absolute Gasteiger partial charge is 0.481 e. The number of aryl methyl sites for hydroxylation is 1. The maximum atomic E-state index is 11.9. The second-order valence-corrected chi connectivity index (χ2v) is 6.48. The van der Waals surface area contributed by atoms with E-state index in [2.05, 4.69) is 4.72 Å². The van der Waals surface area contributed by atoms with E-state index in [0.29, 0.717) is 0 Å². The van der Waals surface area contributed by atoms with Gasteiger partial charge in [-0.15, -0.1) is 0 Å². The molecular weight excluding hydrogens is 270 g/mol. The summed E-state index contributed by atoms with van der Waals surface area (Å²) in [6, 6.07) is 6.30. The molecule has 1 atom stereocenters. The van der Waals surface area contributed by atoms with Crippen molar-refractivity contribution in [3.05, 3.63) is 29.8 Å². The van der Waals surface area contributed by atoms with Crippen LogP contribution < -0.4 is 4.72 Å². The third-order valence-corrected chi connectivity index (χ3v) is 3.87. The van der Waals surface area contributed by atoms with Crippen LogP contribution in [0.15, 0.2) is 29.2 Å². The Labute approximate surface area is 112 Å². The minimum atomic E-state index is -3.75. The standard InChI is InChI=1S/C12H17NO5S/c1-9-4-3-5-10(6-9)19(17,18)13-8-12(2,16)7-11(14)15/h3-6,13,16H,7-8H2,1-2H3,(H,14,15). The molecule has 1 aromatic rings. The number of carboxylic acids is 1. The first-order chi connectivity index (χ1) is 8.62. The van der Waals surface area contributed by atoms with Crippen molar-refractivity contribution in [1.29, 1.82) is 0 Å². The van der Waals surface area contributed by atoms with Gasteiger partial charge in [-0.1, -0.05) is 12.1 Å². The third kappa shape index (κ3) is 4.98. The van der Waals surface area contributed by atoms with Crippen LogP contribution in [0.4, 0.5) is 0 Å². The van der Waals surface area contributed by atoms with Crippen molar-refractivity contribution < 1.29 is 23.4 Å². The molecule has 0 heterocycles. The second-order valence-electron chi connectivity index (χ2n) is 4.71. The van der Waals surface area contributed by atoms with Crippen molar-refractivity contribution in [3.8, 4) is 0 Å². The predicted molar refractivity (Wildman–Crippen MR) is 69.2 cm³/mol. The fraction of sp³-hybridized carbons (Fsp3) is 0.417. The molecule has 1 aromatic carbocycles. The predicted octanol–water partition coefficient (Wildman–Crippen LogP) is 0.499. The lowest BCUT2D eigenvalue weighted by Gasteiger charge is -2.21. The van der Waals surface area contributed by atoms with Crippen LogP contribution in [0.3, 0.4) is 0 Å². The van der Waals surface area contributed by atoms with Crippen LogP contribution in [0.2, 0.25) is 0 Å². The van der Waals surface area contributed by atoms with E-state index in [1.165, 1.54) is 19.1 Å². The molecule has 0 bridgehead atoms. The molecule has 0 aliphatic carbocycles. The van der Waals surface area contributed by atoms with Crippen molar-refractivity contribution in [2.75, 3.05) is 6.54 Å². The highest BCUT2D eigenvalue weighted by atomic mass is 32.2. The number of benzene rings is 1. The Balaban J connectivity index is 2.79. The zero-order valence-corrected chi connectivity index (χ0v) is 11.6. The molecule has 1 rings (SSSR count). The molecule has 6 nitrogen and oxygen atoms in total. The van der Waals surface area contributed by atoms with Crippen LogP contribution in [-0.2, 0) is 14.8 Å². The molecule has 19 heavy (non-hydrogen) atoms. The van der Waals surface area contributed by atoms with Gasteiger partial charge in [-0.05, 0) is 31.5 Å². The number of carbonyl (C=O) groups is 1. The SMILES string of the molecule is Cc1cccc(S(=O)(=O)NCC(C)(O)CC(=O)O)c1. The lowest BCUT2D eigenvalue weighted by molar-refractivity contribution is -0.141. The summed E-state index contributed by atoms with van der Waals surface area (Å²) in [7, 11) is -3.75. The van der Waals surface area contributed by atoms with E-state index in [1.807, 2.05) is 0 Å². The van der Waals surface area contributed by atoms with Crippen LogP contribution in [0, 0.1) is 6.92 Å². The first kappa shape index (κ1) is 15.6. The van der Waals surface area contributed by atoms with Gasteiger partial charge >= 0.3 is 5.97 Å². The van der Waals surface area contributed by atoms with E-state index in [4.69, 9.17) is 5.11 Å². The summed E-state index contributed by atoms with van der Waals surface area (Å²) in [6.45, 7) is 2.66. The average Bonchev–Trinajstić information content (AvgIpc) is 2.25. The Morgan fingerprint density at radius 3 is 2.58 bits per heavy atom. The Kier molecular flexibility index (Phi) is 4.67. The summed E-state index contributed by atoms with van der Waals surface area (Å²) in [5, 5.41) is 18.3. The van der Waals surface area contributed by atoms with Gasteiger partial charge in [0.25, 0.3) is 0 Å². The molecule has 0 amide bonds. The van der Waals surface area contributed by atoms with E-state index in [1.54, 1.807) is 19.1 Å². The van der Waals surface area contributed by atoms with E-state index in [0.717, 1.165) is 5.56 Å². The first-order valence-corrected chi connectivity index (χ1v) is 7.11. The van der Waals surface area contributed by atoms with Gasteiger partial charge < -0.3 is 10.2 Å². The number of carboxylic acid groups (broad SMARTS) is 1. The lowest BCUT2D eigenvalue weighted by atomic mass is 10.0. The Morgan fingerprint density at radius 2 is 2.05 bits per heavy atom. The van der Waals surface area contributed by atoms with Crippen LogP contribution in [-0.4, -0.2) is 36.7 Å². The highest BCUT2D eigenvalue weighted by Crippen LogP contribution is 2.13. The fourth-order valence-electron chi connectivity index (χ4n) is 1.50. The van der Waals surface area contributed by atoms with Gasteiger partial charge in [-0.2, -0.15) is 0 Å². The quantitative estimate of drug-likeness (QED) is 0.707. The van der Waals surface area contributed by atoms with E-state index in [9.17, 15) is 18.3 Å². The van der Waals surface area contributed by atoms with Gasteiger partial charge in [0.05, 0.1) is 16.9 Å². The highest BCUT2D eigenvalue weighted by molar-refractivity contribution is 7.89. The van der Waals surface area contributed by atoms with Crippen molar-refractivity contribution in [3.63, 3.8) is 0 Å². The molecule has 0 aliphatic heterocycles. The summed E-state index contributed by atoms with van der Waals surface area (Å²) in [5.74, 6) is -1.19. The minimum absolute atomic E-state index is 0.0821. The van der Waals surface area contributed by atoms with E-state index < -0.39 is 28.0 Å². The van der Waals surface area contributed by atoms with Crippen molar-refractivity contribution in [1.82, 2.24) is 4.72 Å². The van der Waals surface area contributed by atoms with Crippen LogP contribution in [0.5, 0.6) is 0 Å². The smallest absolute Gasteiger partial charge is 0.306 e. The zero-order valence-electron chi connectivity index (χ0n) is 10.8. The van der Waals surface area contributed by atoms with E-state index >= 15 is 0 Å². The molecule has 106 valence electrons. The topological polar surface area (TPSA) is 104 Å². The molecule has 0 radical (unpaired) electrons. The molecule has 0 saturated heterocycles. The molecule has 1 unspecified atom stereocenters. The molecule has 0 spiro atoms. The maximum absolute atomic E-state index is 11.9. The van der Waals surface area contributed by atoms with Gasteiger partial charge in [-0.25, -0.2) is 13.1 Å². The van der Waals surface area contributed by atoms with Gasteiger partial charge in [0.2, 0.25) is 10.0 Å². The number of hydrogen-bond acceptors (Lipinski definition) is 4. The number of nitrogens with one attached hydrogen (secondary N) is 1. The highest BCUT2D eigenvalue weighted by Gasteiger charge is 2.26. The monoisotopic (exact) mass is 287 g/mol. The number of aliphatic hydroxyl groups is 1. The van der Waals surface area contributed by atoms with Crippen LogP contribution in [0.1, 0.15) is 18.9 Å². The van der Waals surface area contributed by atoms with Gasteiger partial charge in [0, 0.05) is 6.54 Å². The maximum Gasteiger partial charge on any atom is 0.306 e. The second kappa shape index (κ2) is 5.68. The summed E-state index contributed by atoms with van der Waals surface area (Å²) in [5.41, 5.74) is -0.844. The summed E-state index contributed by atoms with van der Waals surface area (Å²) in [6.07, 6.45) is -0.538. The van der Waals surface area contributed by atoms with Crippen molar-refractivity contribution in [2.45, 2.75) is 30.8 Å². The number of hydrogen-bond donors (Lipinski definition) is 3. The Hall–Kier alpha value is -1.44. The van der Waals surface area contributed by atoms with Crippen LogP contribution >= 0.6 is 0 Å². The molecule has 0 fully saturated rings. The van der Waals surface area contributed by atoms with E-state index in [-0.39, 0.29) is 11.4 Å². The number of rotatable bonds is 6. The molecular formula is C12H17NO5S. The lowest BCUT2D eigenvalue weighted by Crippen LogP contribution is -2.42. The Bertz CT molecular complexity index is 565. The molecule has 3 N–H and O–H groups in total. The molecule has 0 aliphatic rings. The molecule has 0 saturated carbocycles. The summed E-state index contributed by atoms with van der Waals surface area (Å²) >= 11 is 0. The number of sulfonamides is 1. The van der Waals surface area contributed by atoms with Gasteiger partial charge in [0.1, 0.15) is 0 Å². The number of aliphatic carboxylic acids is 1.